The highest BCUT2D eigenvalue weighted by atomic mass is 35.5. The lowest BCUT2D eigenvalue weighted by Gasteiger charge is -2.32. The molecule has 9 heteroatoms. The van der Waals surface area contributed by atoms with Crippen molar-refractivity contribution < 1.29 is 23.1 Å². The topological polar surface area (TPSA) is 65.8 Å². The van der Waals surface area contributed by atoms with Crippen LogP contribution in [0.2, 0.25) is 5.02 Å². The number of aromatic nitrogens is 1. The molecular formula is C18H13ClF3N3O2. The Kier molecular flexibility index (Phi) is 4.93. The summed E-state index contributed by atoms with van der Waals surface area (Å²) in [6.07, 6.45) is 0.834. The van der Waals surface area contributed by atoms with Crippen molar-refractivity contribution in [3.05, 3.63) is 75.5 Å². The average molecular weight is 396 g/mol. The number of carboxylic acid groups (broad SMARTS) is 1. The first-order chi connectivity index (χ1) is 12.7. The number of carboxylic acids is 1. The zero-order chi connectivity index (χ0) is 19.9. The van der Waals surface area contributed by atoms with Crippen LogP contribution in [0.25, 0.3) is 0 Å². The first-order valence-corrected chi connectivity index (χ1v) is 8.10. The third-order valence-corrected chi connectivity index (χ3v) is 4.57. The van der Waals surface area contributed by atoms with E-state index in [-0.39, 0.29) is 33.4 Å². The van der Waals surface area contributed by atoms with Crippen LogP contribution >= 0.6 is 11.6 Å². The van der Waals surface area contributed by atoms with Gasteiger partial charge in [-0.1, -0.05) is 17.7 Å². The fourth-order valence-corrected chi connectivity index (χ4v) is 3.10. The number of hydrogen-bond acceptors (Lipinski definition) is 4. The number of aliphatic imine (C=N–C) groups is 1. The number of benzene rings is 1. The Hall–Kier alpha value is -2.87. The standard InChI is InChI=1S/C18H13ClF3N3O2/c1-8-14(18(26)27)15(11-4-3-9(20)5-12(11)19)24-17(25(8)2)16-13(22)6-10(21)7-23-16/h3-7,15H,1-2H3,(H,26,27). The third-order valence-electron chi connectivity index (χ3n) is 4.24. The average Bonchev–Trinajstić information content (AvgIpc) is 2.57. The normalized spacial score (nSPS) is 17.2. The summed E-state index contributed by atoms with van der Waals surface area (Å²) in [4.78, 5) is 21.2. The molecule has 2 aromatic rings. The Bertz CT molecular complexity index is 1010. The molecule has 5 nitrogen and oxygen atoms in total. The lowest BCUT2D eigenvalue weighted by molar-refractivity contribution is -0.133. The molecule has 3 rings (SSSR count). The number of amidine groups is 1. The van der Waals surface area contributed by atoms with Crippen LogP contribution in [0.4, 0.5) is 13.2 Å². The van der Waals surface area contributed by atoms with Crippen LogP contribution in [0.3, 0.4) is 0 Å². The van der Waals surface area contributed by atoms with Gasteiger partial charge in [0.1, 0.15) is 23.4 Å². The second-order valence-electron chi connectivity index (χ2n) is 5.87. The van der Waals surface area contributed by atoms with E-state index < -0.39 is 29.5 Å². The molecule has 1 aliphatic rings. The lowest BCUT2D eigenvalue weighted by Crippen LogP contribution is -2.35. The number of halogens is 4. The van der Waals surface area contributed by atoms with Crippen LogP contribution in [0.1, 0.15) is 24.2 Å². The van der Waals surface area contributed by atoms with Crippen LogP contribution in [0.5, 0.6) is 0 Å². The van der Waals surface area contributed by atoms with Crippen molar-refractivity contribution in [1.82, 2.24) is 9.88 Å². The van der Waals surface area contributed by atoms with Gasteiger partial charge >= 0.3 is 5.97 Å². The molecule has 0 saturated heterocycles. The summed E-state index contributed by atoms with van der Waals surface area (Å²) in [5, 5.41) is 9.62. The maximum Gasteiger partial charge on any atom is 0.335 e. The van der Waals surface area contributed by atoms with Crippen molar-refractivity contribution in [3.8, 4) is 0 Å². The molecule has 1 aromatic heterocycles. The molecule has 140 valence electrons. The van der Waals surface area contributed by atoms with E-state index in [0.717, 1.165) is 18.3 Å². The van der Waals surface area contributed by atoms with E-state index in [4.69, 9.17) is 11.6 Å². The molecule has 0 fully saturated rings. The number of hydrogen-bond donors (Lipinski definition) is 1. The number of rotatable bonds is 3. The van der Waals surface area contributed by atoms with Gasteiger partial charge in [-0.3, -0.25) is 4.99 Å². The van der Waals surface area contributed by atoms with Gasteiger partial charge in [0.05, 0.1) is 11.8 Å². The van der Waals surface area contributed by atoms with Crippen molar-refractivity contribution in [2.45, 2.75) is 13.0 Å². The maximum atomic E-state index is 14.2. The second-order valence-corrected chi connectivity index (χ2v) is 6.28. The minimum absolute atomic E-state index is 0.000363. The molecular weight excluding hydrogens is 383 g/mol. The Morgan fingerprint density at radius 1 is 1.22 bits per heavy atom. The van der Waals surface area contributed by atoms with E-state index in [2.05, 4.69) is 9.98 Å². The van der Waals surface area contributed by atoms with Crippen LogP contribution in [0, 0.1) is 17.5 Å². The molecule has 1 unspecified atom stereocenters. The molecule has 2 heterocycles. The number of allylic oxidation sites excluding steroid dienone is 1. The van der Waals surface area contributed by atoms with E-state index in [9.17, 15) is 23.1 Å². The first kappa shape index (κ1) is 18.9. The quantitative estimate of drug-likeness (QED) is 0.854. The molecule has 0 bridgehead atoms. The Labute approximate surface area is 157 Å². The zero-order valence-corrected chi connectivity index (χ0v) is 14.9. The molecule has 0 aliphatic carbocycles. The predicted molar refractivity (Wildman–Crippen MR) is 92.9 cm³/mol. The summed E-state index contributed by atoms with van der Waals surface area (Å²) in [6.45, 7) is 1.52. The smallest absolute Gasteiger partial charge is 0.335 e. The van der Waals surface area contributed by atoms with Gasteiger partial charge in [-0.25, -0.2) is 22.9 Å². The second kappa shape index (κ2) is 7.03. The Morgan fingerprint density at radius 3 is 2.52 bits per heavy atom. The fourth-order valence-electron chi connectivity index (χ4n) is 2.83. The molecule has 1 aromatic carbocycles. The van der Waals surface area contributed by atoms with Gasteiger partial charge in [-0.15, -0.1) is 0 Å². The molecule has 1 N–H and O–H groups in total. The van der Waals surface area contributed by atoms with Gasteiger partial charge in [-0.2, -0.15) is 0 Å². The van der Waals surface area contributed by atoms with Gasteiger partial charge in [0.25, 0.3) is 0 Å². The first-order valence-electron chi connectivity index (χ1n) is 7.72. The zero-order valence-electron chi connectivity index (χ0n) is 14.2. The summed E-state index contributed by atoms with van der Waals surface area (Å²) in [7, 11) is 1.49. The summed E-state index contributed by atoms with van der Waals surface area (Å²) in [5.74, 6) is -3.65. The van der Waals surface area contributed by atoms with Gasteiger partial charge < -0.3 is 10.0 Å². The molecule has 27 heavy (non-hydrogen) atoms. The van der Waals surface area contributed by atoms with Crippen LogP contribution in [-0.2, 0) is 4.79 Å². The molecule has 0 amide bonds. The van der Waals surface area contributed by atoms with Gasteiger partial charge in [0, 0.05) is 29.4 Å². The molecule has 1 atom stereocenters. The summed E-state index contributed by atoms with van der Waals surface area (Å²) < 4.78 is 40.8. The minimum Gasteiger partial charge on any atom is -0.478 e. The summed E-state index contributed by atoms with van der Waals surface area (Å²) in [6, 6.07) is 3.02. The summed E-state index contributed by atoms with van der Waals surface area (Å²) in [5.41, 5.74) is 0.162. The van der Waals surface area contributed by atoms with Crippen molar-refractivity contribution in [3.63, 3.8) is 0 Å². The molecule has 1 aliphatic heterocycles. The highest BCUT2D eigenvalue weighted by Gasteiger charge is 2.34. The monoisotopic (exact) mass is 395 g/mol. The van der Waals surface area contributed by atoms with Crippen LogP contribution in [-0.4, -0.2) is 33.8 Å². The number of carbonyl (C=O) groups is 1. The third kappa shape index (κ3) is 3.40. The van der Waals surface area contributed by atoms with Crippen LogP contribution < -0.4 is 0 Å². The summed E-state index contributed by atoms with van der Waals surface area (Å²) >= 11 is 6.09. The highest BCUT2D eigenvalue weighted by Crippen LogP contribution is 2.38. The van der Waals surface area contributed by atoms with E-state index >= 15 is 0 Å². The van der Waals surface area contributed by atoms with Gasteiger partial charge in [-0.05, 0) is 19.1 Å². The lowest BCUT2D eigenvalue weighted by atomic mass is 9.95. The van der Waals surface area contributed by atoms with Crippen LogP contribution in [0.15, 0.2) is 46.7 Å². The molecule has 0 spiro atoms. The predicted octanol–water partition coefficient (Wildman–Crippen LogP) is 3.94. The number of aliphatic carboxylic acids is 1. The fraction of sp³-hybridized carbons (Fsp3) is 0.167. The van der Waals surface area contributed by atoms with Crippen molar-refractivity contribution in [2.75, 3.05) is 7.05 Å². The Morgan fingerprint density at radius 2 is 1.93 bits per heavy atom. The van der Waals surface area contributed by atoms with Gasteiger partial charge in [0.15, 0.2) is 11.7 Å². The maximum absolute atomic E-state index is 14.2. The minimum atomic E-state index is -1.25. The van der Waals surface area contributed by atoms with Crippen molar-refractivity contribution in [1.29, 1.82) is 0 Å². The molecule has 0 radical (unpaired) electrons. The van der Waals surface area contributed by atoms with E-state index in [1.807, 2.05) is 0 Å². The van der Waals surface area contributed by atoms with E-state index in [1.54, 1.807) is 0 Å². The highest BCUT2D eigenvalue weighted by molar-refractivity contribution is 6.31. The SMILES string of the molecule is CC1=C(C(=O)O)C(c2ccc(F)cc2Cl)N=C(c2ncc(F)cc2F)N1C. The van der Waals surface area contributed by atoms with Gasteiger partial charge in [0.2, 0.25) is 0 Å². The van der Waals surface area contributed by atoms with E-state index in [1.165, 1.54) is 24.9 Å². The number of nitrogens with zero attached hydrogens (tertiary/aromatic N) is 3. The molecule has 0 saturated carbocycles. The van der Waals surface area contributed by atoms with E-state index in [0.29, 0.717) is 6.07 Å². The van der Waals surface area contributed by atoms with Crippen molar-refractivity contribution in [2.24, 2.45) is 4.99 Å². The van der Waals surface area contributed by atoms with Crippen molar-refractivity contribution >= 4 is 23.4 Å². The Balaban J connectivity index is 2.23. The number of pyridine rings is 1. The largest absolute Gasteiger partial charge is 0.478 e.